The molecule has 19 heavy (non-hydrogen) atoms. The lowest BCUT2D eigenvalue weighted by Gasteiger charge is -1.99. The topological polar surface area (TPSA) is 99.8 Å². The monoisotopic (exact) mass is 385 g/mol. The highest BCUT2D eigenvalue weighted by Crippen LogP contribution is 2.37. The molecule has 3 heterocycles. The van der Waals surface area contributed by atoms with Crippen LogP contribution < -0.4 is 11.5 Å². The second-order valence-corrected chi connectivity index (χ2v) is 5.93. The Kier molecular flexibility index (Phi) is 2.90. The molecule has 8 heteroatoms. The number of nitrogen functional groups attached to an aromatic ring is 1. The van der Waals surface area contributed by atoms with Crippen molar-refractivity contribution in [1.82, 2.24) is 13.0 Å². The summed E-state index contributed by atoms with van der Waals surface area (Å²) in [7, 11) is 0. The second kappa shape index (κ2) is 4.46. The molecule has 0 unspecified atom stereocenters. The number of thiophene rings is 1. The van der Waals surface area contributed by atoms with Crippen LogP contribution in [0.3, 0.4) is 0 Å². The largest absolute Gasteiger partial charge is 0.383 e. The van der Waals surface area contributed by atoms with Gasteiger partial charge in [0.2, 0.25) is 0 Å². The molecule has 3 aromatic heterocycles. The van der Waals surface area contributed by atoms with Gasteiger partial charge in [0.1, 0.15) is 5.82 Å². The van der Waals surface area contributed by atoms with E-state index in [1.165, 1.54) is 17.5 Å². The molecule has 6 nitrogen and oxygen atoms in total. The number of halogens is 1. The Morgan fingerprint density at radius 3 is 2.84 bits per heavy atom. The molecule has 0 saturated heterocycles. The number of nitrogens with zero attached hydrogens (tertiary/aromatic N) is 3. The van der Waals surface area contributed by atoms with E-state index in [0.717, 1.165) is 20.5 Å². The van der Waals surface area contributed by atoms with Gasteiger partial charge in [-0.2, -0.15) is 5.10 Å². The predicted molar refractivity (Wildman–Crippen MR) is 83.2 cm³/mol. The van der Waals surface area contributed by atoms with Crippen LogP contribution in [0, 0.1) is 0 Å². The summed E-state index contributed by atoms with van der Waals surface area (Å²) in [5, 5.41) is 4.86. The van der Waals surface area contributed by atoms with Crippen molar-refractivity contribution in [3.8, 4) is 10.4 Å². The predicted octanol–water partition coefficient (Wildman–Crippen LogP) is 2.04. The Hall–Kier alpha value is -1.68. The van der Waals surface area contributed by atoms with E-state index >= 15 is 0 Å². The minimum atomic E-state index is -0.504. The molecule has 0 bridgehead atoms. The van der Waals surface area contributed by atoms with E-state index in [9.17, 15) is 4.79 Å². The minimum Gasteiger partial charge on any atom is -0.383 e. The van der Waals surface area contributed by atoms with Crippen molar-refractivity contribution in [3.63, 3.8) is 0 Å². The van der Waals surface area contributed by atoms with Gasteiger partial charge in [-0.3, -0.25) is 4.79 Å². The summed E-state index contributed by atoms with van der Waals surface area (Å²) in [5.41, 5.74) is 12.5. The van der Waals surface area contributed by atoms with Gasteiger partial charge >= 0.3 is 0 Å². The lowest BCUT2D eigenvalue weighted by molar-refractivity contribution is 0.100. The zero-order valence-electron chi connectivity index (χ0n) is 9.50. The average Bonchev–Trinajstić information content (AvgIpc) is 2.95. The van der Waals surface area contributed by atoms with Gasteiger partial charge in [-0.1, -0.05) is 0 Å². The van der Waals surface area contributed by atoms with Crippen molar-refractivity contribution >= 4 is 56.0 Å². The Labute approximate surface area is 125 Å². The zero-order valence-corrected chi connectivity index (χ0v) is 12.5. The van der Waals surface area contributed by atoms with Crippen molar-refractivity contribution < 1.29 is 4.79 Å². The van der Waals surface area contributed by atoms with Crippen molar-refractivity contribution in [2.24, 2.45) is 5.73 Å². The van der Waals surface area contributed by atoms with Gasteiger partial charge in [0, 0.05) is 28.2 Å². The first-order valence-corrected chi connectivity index (χ1v) is 7.03. The minimum absolute atomic E-state index is 0.391. The summed E-state index contributed by atoms with van der Waals surface area (Å²) in [6.45, 7) is 0. The molecule has 0 aliphatic heterocycles. The molecule has 3 aromatic rings. The lowest BCUT2D eigenvalue weighted by atomic mass is 10.2. The molecule has 96 valence electrons. The van der Waals surface area contributed by atoms with Gasteiger partial charge in [0.05, 0.1) is 39.3 Å². The quantitative estimate of drug-likeness (QED) is 0.660. The van der Waals surface area contributed by atoms with Crippen LogP contribution in [0.5, 0.6) is 0 Å². The Balaban J connectivity index is 2.28. The van der Waals surface area contributed by atoms with Crippen LogP contribution in [0.25, 0.3) is 20.5 Å². The SMILES string of the molecule is NC(=O)c1cnc(N)c2cc(-c3cnn(I)c3)sc12. The number of primary amides is 1. The van der Waals surface area contributed by atoms with Gasteiger partial charge in [0.15, 0.2) is 0 Å². The smallest absolute Gasteiger partial charge is 0.251 e. The fourth-order valence-electron chi connectivity index (χ4n) is 1.79. The third kappa shape index (κ3) is 2.06. The van der Waals surface area contributed by atoms with Gasteiger partial charge in [-0.25, -0.2) is 7.88 Å². The molecular formula is C11H8IN5OS. The molecule has 0 aliphatic carbocycles. The number of rotatable bonds is 2. The molecule has 4 N–H and O–H groups in total. The number of nitrogens with two attached hydrogens (primary N) is 2. The van der Waals surface area contributed by atoms with Crippen molar-refractivity contribution in [3.05, 3.63) is 30.2 Å². The molecule has 0 radical (unpaired) electrons. The maximum atomic E-state index is 11.4. The van der Waals surface area contributed by atoms with E-state index in [2.05, 4.69) is 32.9 Å². The Morgan fingerprint density at radius 1 is 1.42 bits per heavy atom. The fourth-order valence-corrected chi connectivity index (χ4v) is 3.37. The molecule has 1 amide bonds. The van der Waals surface area contributed by atoms with Crippen molar-refractivity contribution in [2.45, 2.75) is 0 Å². The van der Waals surface area contributed by atoms with Gasteiger partial charge in [-0.05, 0) is 6.07 Å². The molecule has 0 atom stereocenters. The van der Waals surface area contributed by atoms with Gasteiger partial charge in [0.25, 0.3) is 5.91 Å². The summed E-state index contributed by atoms with van der Waals surface area (Å²) in [6, 6.07) is 1.91. The van der Waals surface area contributed by atoms with E-state index < -0.39 is 5.91 Å². The fraction of sp³-hybridized carbons (Fsp3) is 0. The average molecular weight is 385 g/mol. The first-order chi connectivity index (χ1) is 9.06. The standard InChI is InChI=1S/C11H8IN5OS/c12-17-4-5(2-16-17)8-1-6-9(19-8)7(11(14)18)3-15-10(6)13/h1-4H,(H2,13,15)(H2,14,18). The highest BCUT2D eigenvalue weighted by atomic mass is 127. The van der Waals surface area contributed by atoms with Crippen LogP contribution in [0.1, 0.15) is 10.4 Å². The van der Waals surface area contributed by atoms with Crippen LogP contribution in [-0.2, 0) is 0 Å². The number of anilines is 1. The second-order valence-electron chi connectivity index (χ2n) is 3.89. The summed E-state index contributed by atoms with van der Waals surface area (Å²) >= 11 is 3.52. The first-order valence-electron chi connectivity index (χ1n) is 5.25. The Morgan fingerprint density at radius 2 is 2.21 bits per heavy atom. The zero-order chi connectivity index (χ0) is 13.6. The molecule has 3 rings (SSSR count). The molecule has 0 aromatic carbocycles. The van der Waals surface area contributed by atoms with Gasteiger partial charge < -0.3 is 11.5 Å². The molecule has 0 fully saturated rings. The van der Waals surface area contributed by atoms with Crippen LogP contribution in [-0.4, -0.2) is 18.9 Å². The van der Waals surface area contributed by atoms with Crippen molar-refractivity contribution in [2.75, 3.05) is 5.73 Å². The van der Waals surface area contributed by atoms with Gasteiger partial charge in [-0.15, -0.1) is 11.3 Å². The maximum Gasteiger partial charge on any atom is 0.251 e. The van der Waals surface area contributed by atoms with E-state index in [1.54, 1.807) is 9.09 Å². The third-order valence-electron chi connectivity index (χ3n) is 2.69. The third-order valence-corrected chi connectivity index (χ3v) is 4.43. The number of carbonyl (C=O) groups excluding carboxylic acids is 1. The normalized spacial score (nSPS) is 11.0. The highest BCUT2D eigenvalue weighted by molar-refractivity contribution is 14.1. The first kappa shape index (κ1) is 12.4. The maximum absolute atomic E-state index is 11.4. The highest BCUT2D eigenvalue weighted by Gasteiger charge is 2.15. The number of pyridine rings is 1. The number of fused-ring (bicyclic) bond motifs is 1. The number of carbonyl (C=O) groups is 1. The van der Waals surface area contributed by atoms with Crippen LogP contribution >= 0.6 is 34.2 Å². The number of hydrogen-bond acceptors (Lipinski definition) is 5. The number of aromatic nitrogens is 3. The van der Waals surface area contributed by atoms with E-state index in [4.69, 9.17) is 11.5 Å². The number of hydrogen-bond donors (Lipinski definition) is 2. The molecular weight excluding hydrogens is 377 g/mol. The van der Waals surface area contributed by atoms with Crippen LogP contribution in [0.2, 0.25) is 0 Å². The molecule has 0 aliphatic rings. The lowest BCUT2D eigenvalue weighted by Crippen LogP contribution is -2.11. The Bertz CT molecular complexity index is 794. The van der Waals surface area contributed by atoms with Crippen molar-refractivity contribution in [1.29, 1.82) is 0 Å². The summed E-state index contributed by atoms with van der Waals surface area (Å²) in [5.74, 6) is -0.111. The van der Waals surface area contributed by atoms with Crippen LogP contribution in [0.4, 0.5) is 5.82 Å². The summed E-state index contributed by atoms with van der Waals surface area (Å²) in [4.78, 5) is 16.4. The van der Waals surface area contributed by atoms with E-state index in [1.807, 2.05) is 12.3 Å². The van der Waals surface area contributed by atoms with E-state index in [0.29, 0.717) is 11.4 Å². The van der Waals surface area contributed by atoms with E-state index in [-0.39, 0.29) is 0 Å². The number of amides is 1. The molecule has 0 saturated carbocycles. The molecule has 0 spiro atoms. The summed E-state index contributed by atoms with van der Waals surface area (Å²) in [6.07, 6.45) is 5.06. The summed E-state index contributed by atoms with van der Waals surface area (Å²) < 4.78 is 2.45. The van der Waals surface area contributed by atoms with Crippen LogP contribution in [0.15, 0.2) is 24.7 Å².